The van der Waals surface area contributed by atoms with E-state index in [4.69, 9.17) is 9.05 Å². The van der Waals surface area contributed by atoms with E-state index in [2.05, 4.69) is 79.9 Å². The number of aliphatic hydroxyl groups is 1. The lowest BCUT2D eigenvalue weighted by molar-refractivity contribution is -0.870. The van der Waals surface area contributed by atoms with Crippen molar-refractivity contribution in [3.63, 3.8) is 0 Å². The summed E-state index contributed by atoms with van der Waals surface area (Å²) in [7, 11) is 1.24. The van der Waals surface area contributed by atoms with Crippen molar-refractivity contribution in [3.8, 4) is 0 Å². The van der Waals surface area contributed by atoms with Crippen molar-refractivity contribution in [1.82, 2.24) is 5.32 Å². The second kappa shape index (κ2) is 48.0. The number of carbonyl (C=O) groups excluding carboxylic acids is 1. The standard InChI is InChI=1S/C57H105N2O6P/c1-6-8-10-12-14-16-18-19-20-21-22-23-24-25-26-27-28-29-30-31-32-33-34-35-36-37-38-39-41-43-45-47-49-51-57(61)58-55(54-65-66(62,63)64-53-52-59(3,4)5)56(60)50-48-46-44-42-40-17-15-13-11-9-7-2/h8,10,14,16,19-20,22-23,40,42,48,50,55-56,60H,6-7,9,11-13,15,17-18,21,24-39,41,43-47,49,51-54H2,1-5H3,(H-,58,61,62,63)/b10-8-,16-14-,20-19-,23-22-,42-40+,50-48+. The van der Waals surface area contributed by atoms with Crippen LogP contribution in [0.25, 0.3) is 0 Å². The van der Waals surface area contributed by atoms with E-state index >= 15 is 0 Å². The number of likely N-dealkylation sites (N-methyl/N-ethyl adjacent to an activating group) is 1. The molecule has 384 valence electrons. The summed E-state index contributed by atoms with van der Waals surface area (Å²) in [5.74, 6) is -0.208. The van der Waals surface area contributed by atoms with Crippen molar-refractivity contribution in [2.45, 2.75) is 244 Å². The Morgan fingerprint density at radius 1 is 0.545 bits per heavy atom. The third-order valence-electron chi connectivity index (χ3n) is 11.9. The monoisotopic (exact) mass is 945 g/mol. The molecule has 0 aliphatic heterocycles. The molecule has 0 saturated carbocycles. The first-order valence-corrected chi connectivity index (χ1v) is 28.8. The van der Waals surface area contributed by atoms with Gasteiger partial charge in [0.1, 0.15) is 13.2 Å². The summed E-state index contributed by atoms with van der Waals surface area (Å²) in [5, 5.41) is 13.8. The summed E-state index contributed by atoms with van der Waals surface area (Å²) in [6.45, 7) is 4.49. The van der Waals surface area contributed by atoms with Gasteiger partial charge in [-0.2, -0.15) is 0 Å². The number of hydrogen-bond donors (Lipinski definition) is 2. The summed E-state index contributed by atoms with van der Waals surface area (Å²) >= 11 is 0. The van der Waals surface area contributed by atoms with E-state index in [9.17, 15) is 19.4 Å². The average molecular weight is 945 g/mol. The van der Waals surface area contributed by atoms with Gasteiger partial charge in [-0.05, 0) is 70.6 Å². The predicted molar refractivity (Wildman–Crippen MR) is 284 cm³/mol. The Morgan fingerprint density at radius 2 is 0.939 bits per heavy atom. The quantitative estimate of drug-likeness (QED) is 0.0272. The van der Waals surface area contributed by atoms with Gasteiger partial charge in [0.05, 0.1) is 39.9 Å². The van der Waals surface area contributed by atoms with Gasteiger partial charge in [0.2, 0.25) is 5.91 Å². The number of rotatable bonds is 49. The third kappa shape index (κ3) is 49.8. The van der Waals surface area contributed by atoms with Gasteiger partial charge in [-0.1, -0.05) is 228 Å². The lowest BCUT2D eigenvalue weighted by Gasteiger charge is -2.29. The maximum atomic E-state index is 12.9. The molecule has 0 radical (unpaired) electrons. The van der Waals surface area contributed by atoms with E-state index in [1.165, 1.54) is 148 Å². The molecule has 0 aliphatic carbocycles. The van der Waals surface area contributed by atoms with Crippen molar-refractivity contribution in [3.05, 3.63) is 72.9 Å². The van der Waals surface area contributed by atoms with Crippen LogP contribution in [0.4, 0.5) is 0 Å². The molecule has 0 bridgehead atoms. The number of carbonyl (C=O) groups is 1. The number of amides is 1. The molecular formula is C57H105N2O6P. The predicted octanol–water partition coefficient (Wildman–Crippen LogP) is 15.7. The largest absolute Gasteiger partial charge is 0.756 e. The molecule has 0 rings (SSSR count). The first-order chi connectivity index (χ1) is 32.0. The molecule has 0 fully saturated rings. The Labute approximate surface area is 408 Å². The second-order valence-corrected chi connectivity index (χ2v) is 21.0. The lowest BCUT2D eigenvalue weighted by Crippen LogP contribution is -2.45. The molecule has 0 aromatic rings. The van der Waals surface area contributed by atoms with Gasteiger partial charge in [-0.3, -0.25) is 9.36 Å². The Balaban J connectivity index is 4.00. The first kappa shape index (κ1) is 63.9. The van der Waals surface area contributed by atoms with Gasteiger partial charge in [-0.15, -0.1) is 0 Å². The maximum absolute atomic E-state index is 12.9. The highest BCUT2D eigenvalue weighted by Gasteiger charge is 2.23. The van der Waals surface area contributed by atoms with Gasteiger partial charge in [0.15, 0.2) is 0 Å². The highest BCUT2D eigenvalue weighted by atomic mass is 31.2. The third-order valence-corrected chi connectivity index (χ3v) is 12.9. The van der Waals surface area contributed by atoms with Crippen LogP contribution in [-0.2, 0) is 18.4 Å². The summed E-state index contributed by atoms with van der Waals surface area (Å²) in [4.78, 5) is 25.4. The molecule has 0 spiro atoms. The fourth-order valence-corrected chi connectivity index (χ4v) is 8.35. The molecule has 66 heavy (non-hydrogen) atoms. The zero-order valence-electron chi connectivity index (χ0n) is 43.6. The smallest absolute Gasteiger partial charge is 0.268 e. The van der Waals surface area contributed by atoms with Gasteiger partial charge in [0, 0.05) is 6.42 Å². The van der Waals surface area contributed by atoms with Crippen LogP contribution in [-0.4, -0.2) is 68.5 Å². The number of aliphatic hydroxyl groups excluding tert-OH is 1. The molecule has 3 unspecified atom stereocenters. The zero-order chi connectivity index (χ0) is 48.5. The van der Waals surface area contributed by atoms with Crippen molar-refractivity contribution >= 4 is 13.7 Å². The summed E-state index contributed by atoms with van der Waals surface area (Å²) in [6, 6.07) is -0.903. The number of unbranched alkanes of at least 4 members (excludes halogenated alkanes) is 26. The van der Waals surface area contributed by atoms with Crippen LogP contribution in [0.2, 0.25) is 0 Å². The van der Waals surface area contributed by atoms with Crippen molar-refractivity contribution in [1.29, 1.82) is 0 Å². The van der Waals surface area contributed by atoms with Crippen molar-refractivity contribution < 1.29 is 32.9 Å². The lowest BCUT2D eigenvalue weighted by atomic mass is 10.0. The zero-order valence-corrected chi connectivity index (χ0v) is 44.5. The normalized spacial score (nSPS) is 14.6. The molecule has 1 amide bonds. The van der Waals surface area contributed by atoms with Crippen LogP contribution in [0.3, 0.4) is 0 Å². The summed E-state index contributed by atoms with van der Waals surface area (Å²) in [6.07, 6.45) is 65.7. The fraction of sp³-hybridized carbons (Fsp3) is 0.772. The highest BCUT2D eigenvalue weighted by molar-refractivity contribution is 7.45. The number of quaternary nitrogens is 1. The fourth-order valence-electron chi connectivity index (χ4n) is 7.63. The van der Waals surface area contributed by atoms with E-state index in [1.54, 1.807) is 6.08 Å². The number of phosphoric acid groups is 1. The van der Waals surface area contributed by atoms with Crippen LogP contribution in [0, 0.1) is 0 Å². The van der Waals surface area contributed by atoms with Crippen LogP contribution in [0.5, 0.6) is 0 Å². The first-order valence-electron chi connectivity index (χ1n) is 27.3. The minimum atomic E-state index is -4.60. The molecule has 0 aromatic carbocycles. The van der Waals surface area contributed by atoms with E-state index in [1.807, 2.05) is 27.2 Å². The van der Waals surface area contributed by atoms with E-state index in [0.29, 0.717) is 17.4 Å². The molecule has 0 aliphatic rings. The minimum Gasteiger partial charge on any atom is -0.756 e. The van der Waals surface area contributed by atoms with Crippen molar-refractivity contribution in [2.75, 3.05) is 40.9 Å². The molecule has 0 heterocycles. The van der Waals surface area contributed by atoms with Crippen LogP contribution >= 0.6 is 7.82 Å². The average Bonchev–Trinajstić information content (AvgIpc) is 3.28. The molecular weight excluding hydrogens is 840 g/mol. The number of hydrogen-bond acceptors (Lipinski definition) is 6. The Morgan fingerprint density at radius 3 is 1.41 bits per heavy atom. The number of nitrogens with one attached hydrogen (secondary N) is 1. The number of allylic oxidation sites excluding steroid dienone is 11. The van der Waals surface area contributed by atoms with Crippen LogP contribution in [0.15, 0.2) is 72.9 Å². The molecule has 0 saturated heterocycles. The molecule has 8 nitrogen and oxygen atoms in total. The Bertz CT molecular complexity index is 1300. The molecule has 0 aromatic heterocycles. The molecule has 9 heteroatoms. The minimum absolute atomic E-state index is 0.00739. The SMILES string of the molecule is CC/C=C\C/C=C\C/C=C\C/C=C\CCCCCCCCCCCCCCCCCCCCCCC(=O)NC(COP(=O)([O-])OCC[N+](C)(C)C)C(O)/C=C/CC/C=C/CCCCCCC. The topological polar surface area (TPSA) is 108 Å². The van der Waals surface area contributed by atoms with Crippen molar-refractivity contribution in [2.24, 2.45) is 0 Å². The van der Waals surface area contributed by atoms with E-state index in [-0.39, 0.29) is 12.5 Å². The van der Waals surface area contributed by atoms with Crippen LogP contribution in [0.1, 0.15) is 232 Å². The van der Waals surface area contributed by atoms with E-state index in [0.717, 1.165) is 64.2 Å². The maximum Gasteiger partial charge on any atom is 0.268 e. The Hall–Kier alpha value is -2.06. The van der Waals surface area contributed by atoms with Gasteiger partial charge < -0.3 is 28.8 Å². The summed E-state index contributed by atoms with van der Waals surface area (Å²) < 4.78 is 23.2. The van der Waals surface area contributed by atoms with Crippen LogP contribution < -0.4 is 10.2 Å². The highest BCUT2D eigenvalue weighted by Crippen LogP contribution is 2.38. The second-order valence-electron chi connectivity index (χ2n) is 19.5. The van der Waals surface area contributed by atoms with Gasteiger partial charge in [-0.25, -0.2) is 0 Å². The van der Waals surface area contributed by atoms with E-state index < -0.39 is 26.6 Å². The molecule has 3 atom stereocenters. The molecule has 2 N–H and O–H groups in total. The number of nitrogens with zero attached hydrogens (tertiary/aromatic N) is 1. The summed E-state index contributed by atoms with van der Waals surface area (Å²) in [5.41, 5.74) is 0. The van der Waals surface area contributed by atoms with Gasteiger partial charge >= 0.3 is 0 Å². The van der Waals surface area contributed by atoms with Gasteiger partial charge in [0.25, 0.3) is 7.82 Å². The Kier molecular flexibility index (Phi) is 46.5. The number of phosphoric ester groups is 1.